The molecule has 0 spiro atoms. The first-order chi connectivity index (χ1) is 14.6. The van der Waals surface area contributed by atoms with Crippen molar-refractivity contribution in [3.05, 3.63) is 28.2 Å². The zero-order chi connectivity index (χ0) is 22.6. The number of carbonyl (C=O) groups excluding carboxylic acids is 4. The van der Waals surface area contributed by atoms with Crippen molar-refractivity contribution < 1.29 is 23.9 Å². The second-order valence-electron chi connectivity index (χ2n) is 8.01. The van der Waals surface area contributed by atoms with Gasteiger partial charge in [0, 0.05) is 15.3 Å². The van der Waals surface area contributed by atoms with E-state index in [0.29, 0.717) is 10.7 Å². The number of benzene rings is 1. The lowest BCUT2D eigenvalue weighted by molar-refractivity contribution is -0.159. The summed E-state index contributed by atoms with van der Waals surface area (Å²) >= 11 is 19.0. The second kappa shape index (κ2) is 8.65. The number of anilines is 1. The van der Waals surface area contributed by atoms with Crippen LogP contribution in [0.15, 0.2) is 18.2 Å². The zero-order valence-corrected chi connectivity index (χ0v) is 20.9. The first-order valence-corrected chi connectivity index (χ1v) is 12.3. The van der Waals surface area contributed by atoms with E-state index in [1.165, 1.54) is 19.1 Å². The minimum absolute atomic E-state index is 0.0565. The number of imide groups is 1. The maximum atomic E-state index is 13.0. The molecule has 1 aliphatic heterocycles. The van der Waals surface area contributed by atoms with Crippen LogP contribution in [0.4, 0.5) is 5.69 Å². The number of hydrogen-bond acceptors (Lipinski definition) is 5. The minimum Gasteiger partial charge on any atom is -0.454 e. The van der Waals surface area contributed by atoms with Gasteiger partial charge in [-0.3, -0.25) is 19.3 Å². The molecule has 3 fully saturated rings. The van der Waals surface area contributed by atoms with E-state index in [9.17, 15) is 19.2 Å². The van der Waals surface area contributed by atoms with Gasteiger partial charge in [-0.2, -0.15) is 0 Å². The molecule has 1 heterocycles. The molecule has 0 radical (unpaired) electrons. The van der Waals surface area contributed by atoms with E-state index in [4.69, 9.17) is 27.9 Å². The van der Waals surface area contributed by atoms with E-state index in [1.54, 1.807) is 6.07 Å². The number of nitrogens with zero attached hydrogens (tertiary/aromatic N) is 1. The lowest BCUT2D eigenvalue weighted by atomic mass is 9.81. The number of hydrogen-bond donors (Lipinski definition) is 1. The van der Waals surface area contributed by atoms with Crippen LogP contribution in [0.3, 0.4) is 0 Å². The van der Waals surface area contributed by atoms with Crippen LogP contribution in [-0.2, 0) is 23.9 Å². The van der Waals surface area contributed by atoms with Gasteiger partial charge in [0.05, 0.1) is 21.9 Å². The zero-order valence-electron chi connectivity index (χ0n) is 16.2. The Bertz CT molecular complexity index is 945. The maximum Gasteiger partial charge on any atom is 0.329 e. The average molecular weight is 597 g/mol. The molecule has 31 heavy (non-hydrogen) atoms. The maximum absolute atomic E-state index is 13.0. The third kappa shape index (κ3) is 3.92. The molecule has 1 aromatic rings. The number of ether oxygens (including phenoxy) is 1. The number of rotatable bonds is 5. The molecule has 11 heteroatoms. The molecular formula is C20H18Br2Cl2N2O5. The number of nitrogens with one attached hydrogen (secondary N) is 1. The normalized spacial score (nSPS) is 32.2. The monoisotopic (exact) mass is 594 g/mol. The molecule has 166 valence electrons. The van der Waals surface area contributed by atoms with Gasteiger partial charge in [-0.05, 0) is 43.4 Å². The number of fused-ring (bicyclic) bond motifs is 5. The van der Waals surface area contributed by atoms with E-state index in [0.717, 1.165) is 11.3 Å². The number of carbonyl (C=O) groups is 4. The van der Waals surface area contributed by atoms with Gasteiger partial charge in [0.2, 0.25) is 11.8 Å². The van der Waals surface area contributed by atoms with Gasteiger partial charge in [-0.25, -0.2) is 4.79 Å². The Hall–Kier alpha value is -1.16. The Morgan fingerprint density at radius 2 is 1.71 bits per heavy atom. The molecule has 2 bridgehead atoms. The summed E-state index contributed by atoms with van der Waals surface area (Å²) in [6.07, 6.45) is 0.806. The van der Waals surface area contributed by atoms with Crippen molar-refractivity contribution in [3.63, 3.8) is 0 Å². The predicted molar refractivity (Wildman–Crippen MR) is 121 cm³/mol. The summed E-state index contributed by atoms with van der Waals surface area (Å²) in [6, 6.07) is 3.44. The van der Waals surface area contributed by atoms with E-state index in [-0.39, 0.29) is 38.3 Å². The summed E-state index contributed by atoms with van der Waals surface area (Å²) in [5.41, 5.74) is 0.394. The summed E-state index contributed by atoms with van der Waals surface area (Å²) in [4.78, 5) is 51.8. The van der Waals surface area contributed by atoms with Gasteiger partial charge in [-0.15, -0.1) is 0 Å². The Balaban J connectivity index is 1.36. The minimum atomic E-state index is -1.11. The highest BCUT2D eigenvalue weighted by atomic mass is 79.9. The van der Waals surface area contributed by atoms with E-state index in [1.807, 2.05) is 0 Å². The number of halogens is 4. The van der Waals surface area contributed by atoms with Crippen LogP contribution >= 0.6 is 55.1 Å². The van der Waals surface area contributed by atoms with E-state index >= 15 is 0 Å². The molecule has 0 unspecified atom stereocenters. The Morgan fingerprint density at radius 3 is 2.26 bits per heavy atom. The second-order valence-corrected chi connectivity index (χ2v) is 10.9. The highest BCUT2D eigenvalue weighted by Gasteiger charge is 2.67. The summed E-state index contributed by atoms with van der Waals surface area (Å²) < 4.78 is 5.06. The Morgan fingerprint density at radius 1 is 1.13 bits per heavy atom. The van der Waals surface area contributed by atoms with Gasteiger partial charge in [0.25, 0.3) is 5.91 Å². The van der Waals surface area contributed by atoms with Crippen LogP contribution in [0.5, 0.6) is 0 Å². The van der Waals surface area contributed by atoms with Crippen LogP contribution in [-0.4, -0.2) is 50.9 Å². The van der Waals surface area contributed by atoms with Crippen LogP contribution in [0.1, 0.15) is 13.3 Å². The molecular weight excluding hydrogens is 579 g/mol. The van der Waals surface area contributed by atoms with Crippen molar-refractivity contribution >= 4 is 84.4 Å². The molecule has 7 nitrogen and oxygen atoms in total. The fraction of sp³-hybridized carbons (Fsp3) is 0.500. The van der Waals surface area contributed by atoms with Gasteiger partial charge in [0.1, 0.15) is 6.04 Å². The first kappa shape index (κ1) is 23.0. The van der Waals surface area contributed by atoms with Crippen molar-refractivity contribution in [2.75, 3.05) is 11.9 Å². The fourth-order valence-electron chi connectivity index (χ4n) is 4.89. The van der Waals surface area contributed by atoms with Crippen molar-refractivity contribution in [1.82, 2.24) is 4.90 Å². The largest absolute Gasteiger partial charge is 0.454 e. The molecule has 3 aliphatic rings. The van der Waals surface area contributed by atoms with Gasteiger partial charge < -0.3 is 10.1 Å². The average Bonchev–Trinajstić information content (AvgIpc) is 3.33. The van der Waals surface area contributed by atoms with Crippen molar-refractivity contribution in [2.24, 2.45) is 23.7 Å². The number of esters is 1. The van der Waals surface area contributed by atoms with Crippen LogP contribution in [0, 0.1) is 23.7 Å². The fourth-order valence-corrected chi connectivity index (χ4v) is 7.06. The topological polar surface area (TPSA) is 92.8 Å². The Kier molecular flexibility index (Phi) is 6.42. The lowest BCUT2D eigenvalue weighted by Crippen LogP contribution is -2.45. The number of likely N-dealkylation sites (tertiary alicyclic amines) is 1. The van der Waals surface area contributed by atoms with Crippen molar-refractivity contribution in [2.45, 2.75) is 29.0 Å². The lowest BCUT2D eigenvalue weighted by Gasteiger charge is -2.28. The smallest absolute Gasteiger partial charge is 0.329 e. The molecule has 2 saturated carbocycles. The summed E-state index contributed by atoms with van der Waals surface area (Å²) in [7, 11) is 0. The van der Waals surface area contributed by atoms with Crippen molar-refractivity contribution in [1.29, 1.82) is 0 Å². The number of amides is 3. The van der Waals surface area contributed by atoms with Gasteiger partial charge in [0.15, 0.2) is 6.61 Å². The molecule has 3 amide bonds. The van der Waals surface area contributed by atoms with Gasteiger partial charge in [-0.1, -0.05) is 55.1 Å². The van der Waals surface area contributed by atoms with Crippen LogP contribution in [0.2, 0.25) is 10.0 Å². The molecule has 7 atom stereocenters. The highest BCUT2D eigenvalue weighted by Crippen LogP contribution is 2.60. The first-order valence-electron chi connectivity index (χ1n) is 9.68. The van der Waals surface area contributed by atoms with E-state index < -0.39 is 36.4 Å². The Labute approximate surface area is 205 Å². The summed E-state index contributed by atoms with van der Waals surface area (Å²) in [5, 5.41) is 3.15. The third-order valence-electron chi connectivity index (χ3n) is 6.30. The molecule has 2 aliphatic carbocycles. The van der Waals surface area contributed by atoms with Crippen molar-refractivity contribution in [3.8, 4) is 0 Å². The quantitative estimate of drug-likeness (QED) is 0.318. The molecule has 1 N–H and O–H groups in total. The number of alkyl halides is 2. The standard InChI is InChI=1S/C20H18Br2Cl2N2O5/c1-7(20(30)31-6-13(27)25-8-2-3-11(23)12(24)4-8)26-18(28)14-9-5-10(15(14)19(26)29)17(22)16(9)21/h2-4,7,9-10,14-17H,5-6H2,1H3,(H,25,27)/t7-,9-,10-,14-,15-,16-,17+/m1/s1. The molecule has 4 rings (SSSR count). The van der Waals surface area contributed by atoms with Crippen LogP contribution < -0.4 is 5.32 Å². The third-order valence-corrected chi connectivity index (χ3v) is 10.2. The SMILES string of the molecule is C[C@H](C(=O)OCC(=O)Nc1ccc(Cl)c(Cl)c1)N1C(=O)[C@@H]2[C@H]3C[C@@H]([C@@H](Br)[C@H]3Br)[C@H]2C1=O. The summed E-state index contributed by atoms with van der Waals surface area (Å²) in [6.45, 7) is 0.875. The molecule has 1 aromatic carbocycles. The predicted octanol–water partition coefficient (Wildman–Crippen LogP) is 3.64. The molecule has 1 saturated heterocycles. The highest BCUT2D eigenvalue weighted by molar-refractivity contribution is 9.12. The summed E-state index contributed by atoms with van der Waals surface area (Å²) in [5.74, 6) is -2.79. The van der Waals surface area contributed by atoms with E-state index in [2.05, 4.69) is 37.2 Å². The molecule has 0 aromatic heterocycles. The van der Waals surface area contributed by atoms with Crippen LogP contribution in [0.25, 0.3) is 0 Å². The van der Waals surface area contributed by atoms with Gasteiger partial charge >= 0.3 is 5.97 Å².